The Morgan fingerprint density at radius 2 is 1.43 bits per heavy atom. The van der Waals surface area contributed by atoms with Crippen LogP contribution in [-0.2, 0) is 0 Å². The Morgan fingerprint density at radius 3 is 1.71 bits per heavy atom. The van der Waals surface area contributed by atoms with E-state index in [4.69, 9.17) is 0 Å². The van der Waals surface area contributed by atoms with Crippen LogP contribution in [0, 0.1) is 13.8 Å². The lowest BCUT2D eigenvalue weighted by Crippen LogP contribution is -1.80. The smallest absolute Gasteiger partial charge is 0.125 e. The molecule has 3 heteroatoms. The normalized spacial score (nSPS) is 8.71. The molecule has 0 spiro atoms. The molecule has 14 heavy (non-hydrogen) atoms. The van der Waals surface area contributed by atoms with E-state index in [-0.39, 0.29) is 0 Å². The summed E-state index contributed by atoms with van der Waals surface area (Å²) in [6.07, 6.45) is 5.24. The highest BCUT2D eigenvalue weighted by molar-refractivity contribution is 4.99. The summed E-state index contributed by atoms with van der Waals surface area (Å²) in [6, 6.07) is 7.66. The van der Waals surface area contributed by atoms with E-state index in [1.54, 1.807) is 24.7 Å². The van der Waals surface area contributed by atoms with E-state index in [0.717, 1.165) is 11.5 Å². The van der Waals surface area contributed by atoms with E-state index in [2.05, 4.69) is 15.0 Å². The van der Waals surface area contributed by atoms with Gasteiger partial charge < -0.3 is 0 Å². The van der Waals surface area contributed by atoms with Crippen molar-refractivity contribution in [2.24, 2.45) is 0 Å². The van der Waals surface area contributed by atoms with Gasteiger partial charge in [0, 0.05) is 24.3 Å². The molecule has 2 rings (SSSR count). The molecular weight excluding hydrogens is 174 g/mol. The quantitative estimate of drug-likeness (QED) is 0.634. The van der Waals surface area contributed by atoms with Gasteiger partial charge in [-0.25, -0.2) is 9.97 Å². The maximum atomic E-state index is 3.98. The molecule has 0 atom stereocenters. The van der Waals surface area contributed by atoms with E-state index >= 15 is 0 Å². The van der Waals surface area contributed by atoms with E-state index in [0.29, 0.717) is 0 Å². The molecule has 0 radical (unpaired) electrons. The summed E-state index contributed by atoms with van der Waals surface area (Å²) in [5.74, 6) is 0.822. The zero-order valence-corrected chi connectivity index (χ0v) is 8.38. The van der Waals surface area contributed by atoms with Crippen molar-refractivity contribution in [2.45, 2.75) is 13.8 Å². The van der Waals surface area contributed by atoms with Crippen LogP contribution in [0.25, 0.3) is 0 Å². The van der Waals surface area contributed by atoms with Crippen LogP contribution in [0.2, 0.25) is 0 Å². The average molecular weight is 187 g/mol. The van der Waals surface area contributed by atoms with Crippen molar-refractivity contribution in [2.75, 3.05) is 0 Å². The first-order valence-electron chi connectivity index (χ1n) is 4.40. The van der Waals surface area contributed by atoms with Gasteiger partial charge in [-0.15, -0.1) is 0 Å². The minimum absolute atomic E-state index is 0.822. The fourth-order valence-electron chi connectivity index (χ4n) is 0.822. The van der Waals surface area contributed by atoms with Crippen LogP contribution in [0.4, 0.5) is 0 Å². The zero-order valence-electron chi connectivity index (χ0n) is 8.38. The van der Waals surface area contributed by atoms with Crippen LogP contribution in [0.5, 0.6) is 0 Å². The maximum Gasteiger partial charge on any atom is 0.125 e. The Labute approximate surface area is 83.9 Å². The van der Waals surface area contributed by atoms with Crippen molar-refractivity contribution in [3.63, 3.8) is 0 Å². The zero-order chi connectivity index (χ0) is 10.2. The first-order valence-corrected chi connectivity index (χ1v) is 4.40. The van der Waals surface area contributed by atoms with Crippen LogP contribution < -0.4 is 0 Å². The second kappa shape index (κ2) is 5.80. The van der Waals surface area contributed by atoms with Gasteiger partial charge in [-0.2, -0.15) is 0 Å². The molecule has 3 nitrogen and oxygen atoms in total. The molecule has 0 bridgehead atoms. The number of aromatic nitrogens is 3. The highest BCUT2D eigenvalue weighted by Gasteiger charge is 1.75. The van der Waals surface area contributed by atoms with Gasteiger partial charge in [0.2, 0.25) is 0 Å². The molecule has 0 aliphatic heterocycles. The molecule has 0 saturated carbocycles. The van der Waals surface area contributed by atoms with Gasteiger partial charge >= 0.3 is 0 Å². The molecule has 0 saturated heterocycles. The third-order valence-corrected chi connectivity index (χ3v) is 1.51. The Hall–Kier alpha value is -1.77. The number of rotatable bonds is 0. The van der Waals surface area contributed by atoms with Gasteiger partial charge in [0.05, 0.1) is 0 Å². The SMILES string of the molecule is Cc1ccccn1.Cc1ncccn1. The van der Waals surface area contributed by atoms with Crippen molar-refractivity contribution in [1.82, 2.24) is 15.0 Å². The summed E-state index contributed by atoms with van der Waals surface area (Å²) >= 11 is 0. The third kappa shape index (κ3) is 4.30. The molecule has 0 N–H and O–H groups in total. The second-order valence-corrected chi connectivity index (χ2v) is 2.77. The number of aryl methyl sites for hydroxylation is 2. The minimum Gasteiger partial charge on any atom is -0.262 e. The molecule has 0 aliphatic carbocycles. The summed E-state index contributed by atoms with van der Waals surface area (Å²) < 4.78 is 0. The minimum atomic E-state index is 0.822. The summed E-state index contributed by atoms with van der Waals surface area (Å²) in [6.45, 7) is 3.83. The van der Waals surface area contributed by atoms with Crippen molar-refractivity contribution in [1.29, 1.82) is 0 Å². The number of nitrogens with zero attached hydrogens (tertiary/aromatic N) is 3. The van der Waals surface area contributed by atoms with Gasteiger partial charge in [-0.1, -0.05) is 6.07 Å². The first-order chi connectivity index (χ1) is 6.79. The summed E-state index contributed by atoms with van der Waals surface area (Å²) in [7, 11) is 0. The van der Waals surface area contributed by atoms with Crippen molar-refractivity contribution < 1.29 is 0 Å². The predicted octanol–water partition coefficient (Wildman–Crippen LogP) is 2.18. The van der Waals surface area contributed by atoms with Crippen molar-refractivity contribution >= 4 is 0 Å². The fraction of sp³-hybridized carbons (Fsp3) is 0.182. The van der Waals surface area contributed by atoms with E-state index in [1.165, 1.54) is 0 Å². The standard InChI is InChI=1S/C6H7N.C5H6N2/c1-6-4-2-3-5-7-6;1-5-6-3-2-4-7-5/h2-5H,1H3;2-4H,1H3. The number of pyridine rings is 1. The van der Waals surface area contributed by atoms with E-state index in [9.17, 15) is 0 Å². The third-order valence-electron chi connectivity index (χ3n) is 1.51. The maximum absolute atomic E-state index is 3.98. The second-order valence-electron chi connectivity index (χ2n) is 2.77. The van der Waals surface area contributed by atoms with Crippen LogP contribution in [0.15, 0.2) is 42.9 Å². The largest absolute Gasteiger partial charge is 0.262 e. The van der Waals surface area contributed by atoms with Gasteiger partial charge in [0.15, 0.2) is 0 Å². The molecule has 2 aromatic heterocycles. The molecular formula is C11H13N3. The lowest BCUT2D eigenvalue weighted by Gasteiger charge is -1.82. The number of hydrogen-bond donors (Lipinski definition) is 0. The fourth-order valence-corrected chi connectivity index (χ4v) is 0.822. The Morgan fingerprint density at radius 1 is 0.786 bits per heavy atom. The molecule has 0 aromatic carbocycles. The first kappa shape index (κ1) is 10.3. The van der Waals surface area contributed by atoms with Crippen LogP contribution >= 0.6 is 0 Å². The van der Waals surface area contributed by atoms with Gasteiger partial charge in [-0.05, 0) is 32.0 Å². The summed E-state index contributed by atoms with van der Waals surface area (Å²) in [5.41, 5.74) is 1.07. The van der Waals surface area contributed by atoms with Gasteiger partial charge in [-0.3, -0.25) is 4.98 Å². The van der Waals surface area contributed by atoms with Crippen molar-refractivity contribution in [3.8, 4) is 0 Å². The molecule has 2 heterocycles. The summed E-state index contributed by atoms with van der Waals surface area (Å²) in [4.78, 5) is 11.7. The Balaban J connectivity index is 0.000000140. The van der Waals surface area contributed by atoms with Crippen LogP contribution in [0.3, 0.4) is 0 Å². The van der Waals surface area contributed by atoms with Crippen LogP contribution in [-0.4, -0.2) is 15.0 Å². The van der Waals surface area contributed by atoms with Gasteiger partial charge in [0.1, 0.15) is 5.82 Å². The Bertz CT molecular complexity index is 308. The van der Waals surface area contributed by atoms with E-state index in [1.807, 2.05) is 32.0 Å². The highest BCUT2D eigenvalue weighted by atomic mass is 14.8. The van der Waals surface area contributed by atoms with Gasteiger partial charge in [0.25, 0.3) is 0 Å². The molecule has 0 fully saturated rings. The molecule has 0 amide bonds. The Kier molecular flexibility index (Phi) is 4.27. The number of hydrogen-bond acceptors (Lipinski definition) is 3. The topological polar surface area (TPSA) is 38.7 Å². The van der Waals surface area contributed by atoms with E-state index < -0.39 is 0 Å². The van der Waals surface area contributed by atoms with Crippen LogP contribution in [0.1, 0.15) is 11.5 Å². The van der Waals surface area contributed by atoms with Crippen molar-refractivity contribution in [3.05, 3.63) is 54.4 Å². The summed E-state index contributed by atoms with van der Waals surface area (Å²) in [5, 5.41) is 0. The lowest BCUT2D eigenvalue weighted by molar-refractivity contribution is 1.05. The molecule has 72 valence electrons. The highest BCUT2D eigenvalue weighted by Crippen LogP contribution is 1.86. The monoisotopic (exact) mass is 187 g/mol. The molecule has 2 aromatic rings. The lowest BCUT2D eigenvalue weighted by atomic mass is 10.4. The predicted molar refractivity (Wildman–Crippen MR) is 55.7 cm³/mol. The molecule has 0 unspecified atom stereocenters. The average Bonchev–Trinajstić information content (AvgIpc) is 2.21. The molecule has 0 aliphatic rings.